The molecule has 0 heterocycles. The summed E-state index contributed by atoms with van der Waals surface area (Å²) in [6.45, 7) is 1.20. The summed E-state index contributed by atoms with van der Waals surface area (Å²) in [5.74, 6) is 2.22. The molecule has 2 N–H and O–H groups in total. The summed E-state index contributed by atoms with van der Waals surface area (Å²) >= 11 is 0. The van der Waals surface area contributed by atoms with Crippen LogP contribution in [0.3, 0.4) is 0 Å². The predicted molar refractivity (Wildman–Crippen MR) is 85.7 cm³/mol. The van der Waals surface area contributed by atoms with E-state index in [1.54, 1.807) is 21.3 Å². The summed E-state index contributed by atoms with van der Waals surface area (Å²) in [6, 6.07) is 3.71. The molecule has 1 aromatic rings. The van der Waals surface area contributed by atoms with E-state index in [0.29, 0.717) is 25.3 Å². The van der Waals surface area contributed by atoms with E-state index >= 15 is 0 Å². The summed E-state index contributed by atoms with van der Waals surface area (Å²) in [6.07, 6.45) is 2.13. The second-order valence-corrected chi connectivity index (χ2v) is 4.82. The monoisotopic (exact) mass is 310 g/mol. The van der Waals surface area contributed by atoms with Crippen molar-refractivity contribution < 1.29 is 19.0 Å². The number of ether oxygens (including phenoxy) is 3. The molecule has 1 amide bonds. The fraction of sp³-hybridized carbons (Fsp3) is 0.562. The average molecular weight is 310 g/mol. The zero-order chi connectivity index (χ0) is 16.4. The minimum atomic E-state index is 0.0553. The van der Waals surface area contributed by atoms with Crippen LogP contribution in [0.1, 0.15) is 24.8 Å². The largest absolute Gasteiger partial charge is 0.496 e. The van der Waals surface area contributed by atoms with Crippen LogP contribution in [0.15, 0.2) is 12.1 Å². The zero-order valence-electron chi connectivity index (χ0n) is 13.8. The van der Waals surface area contributed by atoms with Gasteiger partial charge in [0.15, 0.2) is 0 Å². The van der Waals surface area contributed by atoms with E-state index in [1.807, 2.05) is 19.2 Å². The van der Waals surface area contributed by atoms with Crippen molar-refractivity contribution in [1.29, 1.82) is 0 Å². The Hall–Kier alpha value is -1.95. The first kappa shape index (κ1) is 18.1. The topological polar surface area (TPSA) is 68.8 Å². The van der Waals surface area contributed by atoms with Crippen LogP contribution in [0, 0.1) is 0 Å². The van der Waals surface area contributed by atoms with E-state index in [2.05, 4.69) is 10.6 Å². The summed E-state index contributed by atoms with van der Waals surface area (Å²) in [5.41, 5.74) is 0.958. The maximum atomic E-state index is 11.1. The molecule has 0 aliphatic rings. The third-order valence-electron chi connectivity index (χ3n) is 3.28. The third-order valence-corrected chi connectivity index (χ3v) is 3.28. The number of amides is 1. The smallest absolute Gasteiger partial charge is 0.219 e. The van der Waals surface area contributed by atoms with Crippen LogP contribution in [-0.4, -0.2) is 40.8 Å². The van der Waals surface area contributed by atoms with Gasteiger partial charge in [-0.3, -0.25) is 4.79 Å². The standard InChI is InChI=1S/C16H26N2O4/c1-17-11-13-14(20-3)9-12(10-15(13)21-4)22-8-6-5-7-16(19)18-2/h9-10,17H,5-8,11H2,1-4H3,(H,18,19). The van der Waals surface area contributed by atoms with Crippen molar-refractivity contribution in [2.24, 2.45) is 0 Å². The number of hydrogen-bond acceptors (Lipinski definition) is 5. The van der Waals surface area contributed by atoms with Crippen LogP contribution in [0.4, 0.5) is 0 Å². The summed E-state index contributed by atoms with van der Waals surface area (Å²) in [7, 11) is 6.77. The number of rotatable bonds is 10. The minimum Gasteiger partial charge on any atom is -0.496 e. The maximum absolute atomic E-state index is 11.1. The molecule has 0 saturated carbocycles. The minimum absolute atomic E-state index is 0.0553. The lowest BCUT2D eigenvalue weighted by molar-refractivity contribution is -0.120. The predicted octanol–water partition coefficient (Wildman–Crippen LogP) is 1.72. The first-order valence-electron chi connectivity index (χ1n) is 7.39. The molecule has 0 spiro atoms. The van der Waals surface area contributed by atoms with Crippen LogP contribution in [0.5, 0.6) is 17.2 Å². The highest BCUT2D eigenvalue weighted by atomic mass is 16.5. The lowest BCUT2D eigenvalue weighted by Crippen LogP contribution is -2.17. The molecule has 6 nitrogen and oxygen atoms in total. The van der Waals surface area contributed by atoms with Crippen molar-refractivity contribution >= 4 is 5.91 Å². The van der Waals surface area contributed by atoms with Crippen LogP contribution in [-0.2, 0) is 11.3 Å². The Morgan fingerprint density at radius 2 is 1.73 bits per heavy atom. The van der Waals surface area contributed by atoms with Crippen LogP contribution >= 0.6 is 0 Å². The van der Waals surface area contributed by atoms with E-state index < -0.39 is 0 Å². The number of carbonyl (C=O) groups is 1. The molecule has 0 saturated heterocycles. The van der Waals surface area contributed by atoms with E-state index in [4.69, 9.17) is 14.2 Å². The Balaban J connectivity index is 2.61. The zero-order valence-corrected chi connectivity index (χ0v) is 13.8. The number of methoxy groups -OCH3 is 2. The van der Waals surface area contributed by atoms with Crippen molar-refractivity contribution in [3.63, 3.8) is 0 Å². The van der Waals surface area contributed by atoms with Gasteiger partial charge in [-0.1, -0.05) is 0 Å². The molecule has 1 rings (SSSR count). The molecule has 0 aromatic heterocycles. The Morgan fingerprint density at radius 1 is 1.09 bits per heavy atom. The molecule has 1 aromatic carbocycles. The highest BCUT2D eigenvalue weighted by Gasteiger charge is 2.12. The molecule has 0 bridgehead atoms. The second kappa shape index (κ2) is 9.89. The number of hydrogen-bond donors (Lipinski definition) is 2. The van der Waals surface area contributed by atoms with Gasteiger partial charge in [0.05, 0.1) is 26.4 Å². The van der Waals surface area contributed by atoms with Gasteiger partial charge in [0, 0.05) is 32.1 Å². The Kier molecular flexibility index (Phi) is 8.14. The molecule has 22 heavy (non-hydrogen) atoms. The number of benzene rings is 1. The molecule has 0 aliphatic carbocycles. The molecular weight excluding hydrogens is 284 g/mol. The lowest BCUT2D eigenvalue weighted by atomic mass is 10.1. The van der Waals surface area contributed by atoms with E-state index in [-0.39, 0.29) is 5.91 Å². The molecule has 124 valence electrons. The Bertz CT molecular complexity index is 452. The molecular formula is C16H26N2O4. The van der Waals surface area contributed by atoms with Crippen LogP contribution < -0.4 is 24.8 Å². The first-order chi connectivity index (χ1) is 10.7. The fourth-order valence-corrected chi connectivity index (χ4v) is 2.10. The maximum Gasteiger partial charge on any atom is 0.219 e. The quantitative estimate of drug-likeness (QED) is 0.644. The van der Waals surface area contributed by atoms with Gasteiger partial charge in [-0.25, -0.2) is 0 Å². The SMILES string of the molecule is CNCc1c(OC)cc(OCCCCC(=O)NC)cc1OC. The Labute approximate surface area is 132 Å². The number of carbonyl (C=O) groups excluding carboxylic acids is 1. The van der Waals surface area contributed by atoms with Crippen LogP contribution in [0.2, 0.25) is 0 Å². The summed E-state index contributed by atoms with van der Waals surface area (Å²) < 4.78 is 16.5. The molecule has 0 aliphatic heterocycles. The normalized spacial score (nSPS) is 10.2. The first-order valence-corrected chi connectivity index (χ1v) is 7.39. The summed E-state index contributed by atoms with van der Waals surface area (Å²) in [5, 5.41) is 5.69. The molecule has 0 fully saturated rings. The van der Waals surface area contributed by atoms with Gasteiger partial charge in [0.25, 0.3) is 0 Å². The van der Waals surface area contributed by atoms with E-state index in [1.165, 1.54) is 0 Å². The van der Waals surface area contributed by atoms with Crippen molar-refractivity contribution in [1.82, 2.24) is 10.6 Å². The van der Waals surface area contributed by atoms with Crippen molar-refractivity contribution in [3.05, 3.63) is 17.7 Å². The van der Waals surface area contributed by atoms with Gasteiger partial charge < -0.3 is 24.8 Å². The van der Waals surface area contributed by atoms with Gasteiger partial charge >= 0.3 is 0 Å². The van der Waals surface area contributed by atoms with Gasteiger partial charge in [-0.15, -0.1) is 0 Å². The molecule has 0 atom stereocenters. The Morgan fingerprint density at radius 3 is 2.23 bits per heavy atom. The average Bonchev–Trinajstić information content (AvgIpc) is 2.55. The molecule has 6 heteroatoms. The molecule has 0 unspecified atom stereocenters. The summed E-state index contributed by atoms with van der Waals surface area (Å²) in [4.78, 5) is 11.1. The lowest BCUT2D eigenvalue weighted by Gasteiger charge is -2.15. The van der Waals surface area contributed by atoms with E-state index in [9.17, 15) is 4.79 Å². The van der Waals surface area contributed by atoms with Gasteiger partial charge in [0.2, 0.25) is 5.91 Å². The van der Waals surface area contributed by atoms with Crippen molar-refractivity contribution in [3.8, 4) is 17.2 Å². The van der Waals surface area contributed by atoms with Crippen molar-refractivity contribution in [2.75, 3.05) is 34.9 Å². The number of unbranched alkanes of at least 4 members (excludes halogenated alkanes) is 1. The van der Waals surface area contributed by atoms with Gasteiger partial charge in [-0.05, 0) is 19.9 Å². The fourth-order valence-electron chi connectivity index (χ4n) is 2.10. The third kappa shape index (κ3) is 5.44. The molecule has 0 radical (unpaired) electrons. The highest BCUT2D eigenvalue weighted by Crippen LogP contribution is 2.34. The van der Waals surface area contributed by atoms with Gasteiger partial charge in [0.1, 0.15) is 17.2 Å². The number of nitrogens with one attached hydrogen (secondary N) is 2. The second-order valence-electron chi connectivity index (χ2n) is 4.82. The van der Waals surface area contributed by atoms with E-state index in [0.717, 1.165) is 29.9 Å². The van der Waals surface area contributed by atoms with Gasteiger partial charge in [-0.2, -0.15) is 0 Å². The van der Waals surface area contributed by atoms with Crippen LogP contribution in [0.25, 0.3) is 0 Å². The van der Waals surface area contributed by atoms with Crippen molar-refractivity contribution in [2.45, 2.75) is 25.8 Å². The highest BCUT2D eigenvalue weighted by molar-refractivity contribution is 5.75.